The fraction of sp³-hybridized carbons (Fsp3) is 0.389. The summed E-state index contributed by atoms with van der Waals surface area (Å²) in [6.07, 6.45) is 0. The molecule has 1 aromatic heterocycles. The number of hydrogen-bond donors (Lipinski definition) is 0. The molecular formula is C18H22N4O2. The van der Waals surface area contributed by atoms with Crippen molar-refractivity contribution in [3.8, 4) is 5.69 Å². The van der Waals surface area contributed by atoms with Gasteiger partial charge in [0.1, 0.15) is 0 Å². The third-order valence-electron chi connectivity index (χ3n) is 4.40. The molecule has 2 heterocycles. The van der Waals surface area contributed by atoms with Gasteiger partial charge in [0.25, 0.3) is 5.91 Å². The molecule has 0 radical (unpaired) electrons. The number of nitrogens with zero attached hydrogens (tertiary/aromatic N) is 4. The number of piperazine rings is 1. The average molecular weight is 326 g/mol. The number of aryl methyl sites for hydroxylation is 2. The molecule has 24 heavy (non-hydrogen) atoms. The quantitative estimate of drug-likeness (QED) is 0.845. The molecule has 1 saturated heterocycles. The molecule has 0 unspecified atom stereocenters. The molecule has 0 spiro atoms. The molecule has 126 valence electrons. The van der Waals surface area contributed by atoms with Crippen molar-refractivity contribution in [3.05, 3.63) is 47.3 Å². The zero-order valence-electron chi connectivity index (χ0n) is 14.3. The summed E-state index contributed by atoms with van der Waals surface area (Å²) >= 11 is 0. The topological polar surface area (TPSA) is 58.4 Å². The number of carbonyl (C=O) groups is 2. The van der Waals surface area contributed by atoms with E-state index < -0.39 is 0 Å². The first-order chi connectivity index (χ1) is 11.5. The lowest BCUT2D eigenvalue weighted by Crippen LogP contribution is -2.50. The Morgan fingerprint density at radius 1 is 0.958 bits per heavy atom. The molecule has 0 saturated carbocycles. The minimum absolute atomic E-state index is 0.0570. The molecule has 1 aromatic carbocycles. The van der Waals surface area contributed by atoms with Gasteiger partial charge in [-0.25, -0.2) is 4.68 Å². The molecule has 3 rings (SSSR count). The summed E-state index contributed by atoms with van der Waals surface area (Å²) in [4.78, 5) is 27.6. The van der Waals surface area contributed by atoms with Gasteiger partial charge < -0.3 is 9.80 Å². The highest BCUT2D eigenvalue weighted by atomic mass is 16.2. The fourth-order valence-corrected chi connectivity index (χ4v) is 2.91. The molecule has 1 fully saturated rings. The number of aromatic nitrogens is 2. The number of amides is 2. The predicted molar refractivity (Wildman–Crippen MR) is 91.2 cm³/mol. The van der Waals surface area contributed by atoms with Crippen LogP contribution in [0.2, 0.25) is 0 Å². The minimum atomic E-state index is -0.0767. The second kappa shape index (κ2) is 6.47. The molecule has 2 aromatic rings. The Morgan fingerprint density at radius 2 is 1.54 bits per heavy atom. The Labute approximate surface area is 141 Å². The van der Waals surface area contributed by atoms with Crippen molar-refractivity contribution in [1.82, 2.24) is 19.6 Å². The Kier molecular flexibility index (Phi) is 4.38. The van der Waals surface area contributed by atoms with Crippen molar-refractivity contribution in [2.75, 3.05) is 26.2 Å². The largest absolute Gasteiger partial charge is 0.339 e. The normalized spacial score (nSPS) is 14.8. The molecule has 1 aliphatic heterocycles. The van der Waals surface area contributed by atoms with E-state index in [1.165, 1.54) is 5.56 Å². The van der Waals surface area contributed by atoms with Crippen LogP contribution in [-0.4, -0.2) is 57.6 Å². The van der Waals surface area contributed by atoms with Gasteiger partial charge in [-0.05, 0) is 32.0 Å². The Morgan fingerprint density at radius 3 is 2.12 bits per heavy atom. The van der Waals surface area contributed by atoms with E-state index in [0.717, 1.165) is 11.4 Å². The Balaban J connectivity index is 1.76. The molecule has 6 nitrogen and oxygen atoms in total. The first-order valence-electron chi connectivity index (χ1n) is 8.14. The fourth-order valence-electron chi connectivity index (χ4n) is 2.91. The zero-order valence-corrected chi connectivity index (χ0v) is 14.3. The maximum atomic E-state index is 12.7. The van der Waals surface area contributed by atoms with Crippen LogP contribution in [-0.2, 0) is 4.79 Å². The predicted octanol–water partition coefficient (Wildman–Crippen LogP) is 1.79. The van der Waals surface area contributed by atoms with Gasteiger partial charge in [0.15, 0.2) is 5.69 Å². The van der Waals surface area contributed by atoms with E-state index in [4.69, 9.17) is 0 Å². The van der Waals surface area contributed by atoms with E-state index in [2.05, 4.69) is 5.10 Å². The van der Waals surface area contributed by atoms with Gasteiger partial charge in [0, 0.05) is 38.8 Å². The first-order valence-corrected chi connectivity index (χ1v) is 8.14. The standard InChI is InChI=1S/C18H22N4O2/c1-13-4-6-16(7-5-13)22-14(2)12-17(19-22)18(24)21-10-8-20(9-11-21)15(3)23/h4-7,12H,8-11H2,1-3H3. The summed E-state index contributed by atoms with van der Waals surface area (Å²) in [5.41, 5.74) is 3.50. The SMILES string of the molecule is CC(=O)N1CCN(C(=O)c2cc(C)n(-c3ccc(C)cc3)n2)CC1. The smallest absolute Gasteiger partial charge is 0.274 e. The van der Waals surface area contributed by atoms with E-state index in [9.17, 15) is 9.59 Å². The van der Waals surface area contributed by atoms with E-state index in [-0.39, 0.29) is 11.8 Å². The van der Waals surface area contributed by atoms with Crippen LogP contribution in [0, 0.1) is 13.8 Å². The lowest BCUT2D eigenvalue weighted by molar-refractivity contribution is -0.130. The summed E-state index contributed by atoms with van der Waals surface area (Å²) < 4.78 is 1.79. The van der Waals surface area contributed by atoms with Crippen molar-refractivity contribution in [3.63, 3.8) is 0 Å². The van der Waals surface area contributed by atoms with E-state index >= 15 is 0 Å². The maximum Gasteiger partial charge on any atom is 0.274 e. The second-order valence-corrected chi connectivity index (χ2v) is 6.22. The van der Waals surface area contributed by atoms with Crippen molar-refractivity contribution in [2.45, 2.75) is 20.8 Å². The highest BCUT2D eigenvalue weighted by Gasteiger charge is 2.25. The van der Waals surface area contributed by atoms with Gasteiger partial charge in [0.05, 0.1) is 5.69 Å². The van der Waals surface area contributed by atoms with Crippen LogP contribution in [0.5, 0.6) is 0 Å². The van der Waals surface area contributed by atoms with Crippen LogP contribution in [0.3, 0.4) is 0 Å². The number of hydrogen-bond acceptors (Lipinski definition) is 3. The van der Waals surface area contributed by atoms with Crippen LogP contribution < -0.4 is 0 Å². The molecule has 0 bridgehead atoms. The summed E-state index contributed by atoms with van der Waals surface area (Å²) in [7, 11) is 0. The molecular weight excluding hydrogens is 304 g/mol. The van der Waals surface area contributed by atoms with Crippen LogP contribution in [0.1, 0.15) is 28.7 Å². The minimum Gasteiger partial charge on any atom is -0.339 e. The van der Waals surface area contributed by atoms with E-state index in [0.29, 0.717) is 31.9 Å². The van der Waals surface area contributed by atoms with Crippen LogP contribution in [0.25, 0.3) is 5.69 Å². The number of carbonyl (C=O) groups excluding carboxylic acids is 2. The Bertz CT molecular complexity index is 756. The molecule has 0 aliphatic carbocycles. The van der Waals surface area contributed by atoms with E-state index in [1.54, 1.807) is 21.4 Å². The summed E-state index contributed by atoms with van der Waals surface area (Å²) in [5.74, 6) is -0.0197. The van der Waals surface area contributed by atoms with Gasteiger partial charge >= 0.3 is 0 Å². The maximum absolute atomic E-state index is 12.7. The summed E-state index contributed by atoms with van der Waals surface area (Å²) in [5, 5.41) is 4.48. The lowest BCUT2D eigenvalue weighted by atomic mass is 10.2. The van der Waals surface area contributed by atoms with Crippen molar-refractivity contribution < 1.29 is 9.59 Å². The number of rotatable bonds is 2. The van der Waals surface area contributed by atoms with Gasteiger partial charge in [-0.15, -0.1) is 0 Å². The summed E-state index contributed by atoms with van der Waals surface area (Å²) in [6, 6.07) is 9.86. The third kappa shape index (κ3) is 3.18. The first kappa shape index (κ1) is 16.2. The highest BCUT2D eigenvalue weighted by Crippen LogP contribution is 2.15. The van der Waals surface area contributed by atoms with Crippen LogP contribution >= 0.6 is 0 Å². The van der Waals surface area contributed by atoms with Crippen LogP contribution in [0.15, 0.2) is 30.3 Å². The van der Waals surface area contributed by atoms with Gasteiger partial charge in [-0.1, -0.05) is 17.7 Å². The lowest BCUT2D eigenvalue weighted by Gasteiger charge is -2.33. The zero-order chi connectivity index (χ0) is 17.3. The summed E-state index contributed by atoms with van der Waals surface area (Å²) in [6.45, 7) is 7.80. The van der Waals surface area contributed by atoms with Crippen molar-refractivity contribution in [2.24, 2.45) is 0 Å². The number of benzene rings is 1. The van der Waals surface area contributed by atoms with Gasteiger partial charge in [-0.2, -0.15) is 5.10 Å². The molecule has 1 aliphatic rings. The molecule has 2 amide bonds. The average Bonchev–Trinajstić information content (AvgIpc) is 2.97. The van der Waals surface area contributed by atoms with Crippen LogP contribution in [0.4, 0.5) is 0 Å². The Hall–Kier alpha value is -2.63. The van der Waals surface area contributed by atoms with Crippen molar-refractivity contribution >= 4 is 11.8 Å². The molecule has 6 heteroatoms. The van der Waals surface area contributed by atoms with E-state index in [1.807, 2.05) is 44.2 Å². The van der Waals surface area contributed by atoms with Gasteiger partial charge in [0.2, 0.25) is 5.91 Å². The van der Waals surface area contributed by atoms with Crippen molar-refractivity contribution in [1.29, 1.82) is 0 Å². The van der Waals surface area contributed by atoms with Gasteiger partial charge in [-0.3, -0.25) is 9.59 Å². The molecule has 0 N–H and O–H groups in total. The second-order valence-electron chi connectivity index (χ2n) is 6.22. The third-order valence-corrected chi connectivity index (χ3v) is 4.40. The monoisotopic (exact) mass is 326 g/mol. The highest BCUT2D eigenvalue weighted by molar-refractivity contribution is 5.92. The molecule has 0 atom stereocenters.